The molecule has 2 atom stereocenters. The zero-order valence-electron chi connectivity index (χ0n) is 14.6. The summed E-state index contributed by atoms with van der Waals surface area (Å²) in [4.78, 5) is 12.2. The van der Waals surface area contributed by atoms with Gasteiger partial charge in [0.2, 0.25) is 5.91 Å². The molecule has 2 fully saturated rings. The van der Waals surface area contributed by atoms with E-state index in [4.69, 9.17) is 0 Å². The Balaban J connectivity index is 1.79. The molecule has 6 heteroatoms. The normalized spacial score (nSPS) is 32.2. The Bertz CT molecular complexity index is 527. The third-order valence-corrected chi connectivity index (χ3v) is 6.98. The van der Waals surface area contributed by atoms with Gasteiger partial charge in [0.15, 0.2) is 9.84 Å². The second kappa shape index (κ2) is 6.71. The van der Waals surface area contributed by atoms with Crippen molar-refractivity contribution in [3.63, 3.8) is 0 Å². The maximum absolute atomic E-state index is 12.2. The minimum atomic E-state index is -3.01. The third kappa shape index (κ3) is 5.75. The van der Waals surface area contributed by atoms with E-state index in [0.717, 1.165) is 12.8 Å². The topological polar surface area (TPSA) is 83.5 Å². The van der Waals surface area contributed by atoms with Gasteiger partial charge in [-0.25, -0.2) is 8.42 Å². The highest BCUT2D eigenvalue weighted by Gasteiger charge is 2.36. The van der Waals surface area contributed by atoms with Gasteiger partial charge in [0.05, 0.1) is 17.1 Å². The molecule has 1 aliphatic carbocycles. The summed E-state index contributed by atoms with van der Waals surface area (Å²) in [6.07, 6.45) is 4.28. The Morgan fingerprint density at radius 1 is 1.22 bits per heavy atom. The van der Waals surface area contributed by atoms with Crippen molar-refractivity contribution < 1.29 is 18.3 Å². The molecule has 0 aromatic heterocycles. The van der Waals surface area contributed by atoms with Crippen LogP contribution in [0.15, 0.2) is 0 Å². The second-order valence-electron chi connectivity index (χ2n) is 8.64. The number of amides is 1. The van der Waals surface area contributed by atoms with Crippen LogP contribution in [0.25, 0.3) is 0 Å². The summed E-state index contributed by atoms with van der Waals surface area (Å²) in [5, 5.41) is 13.2. The van der Waals surface area contributed by atoms with Crippen LogP contribution in [0.5, 0.6) is 0 Å². The maximum atomic E-state index is 12.2. The van der Waals surface area contributed by atoms with Crippen LogP contribution in [0.1, 0.15) is 59.3 Å². The first-order valence-electron chi connectivity index (χ1n) is 8.68. The number of sulfone groups is 1. The summed E-state index contributed by atoms with van der Waals surface area (Å²) in [5.74, 6) is 1.03. The first kappa shape index (κ1) is 18.7. The molecule has 2 N–H and O–H groups in total. The van der Waals surface area contributed by atoms with E-state index in [1.807, 2.05) is 0 Å². The SMILES string of the molecule is C[C@H]1C[C@@H](CC(=O)NCC2(O)CCS(=O)(=O)CC2)CC(C)(C)C1. The highest BCUT2D eigenvalue weighted by atomic mass is 32.2. The molecular formula is C17H31NO4S. The molecular weight excluding hydrogens is 314 g/mol. The summed E-state index contributed by atoms with van der Waals surface area (Å²) < 4.78 is 22.9. The monoisotopic (exact) mass is 345 g/mol. The fraction of sp³-hybridized carbons (Fsp3) is 0.941. The lowest BCUT2D eigenvalue weighted by atomic mass is 9.67. The molecule has 0 aromatic carbocycles. The highest BCUT2D eigenvalue weighted by Crippen LogP contribution is 2.42. The molecule has 2 rings (SSSR count). The molecule has 134 valence electrons. The summed E-state index contributed by atoms with van der Waals surface area (Å²) >= 11 is 0. The minimum absolute atomic E-state index is 0.00764. The molecule has 0 bridgehead atoms. The molecule has 23 heavy (non-hydrogen) atoms. The maximum Gasteiger partial charge on any atom is 0.220 e. The summed E-state index contributed by atoms with van der Waals surface area (Å²) in [6.45, 7) is 6.93. The molecule has 1 saturated heterocycles. The zero-order chi connectivity index (χ0) is 17.3. The van der Waals surface area contributed by atoms with Crippen LogP contribution >= 0.6 is 0 Å². The fourth-order valence-electron chi connectivity index (χ4n) is 4.39. The number of carbonyl (C=O) groups excluding carboxylic acids is 1. The average Bonchev–Trinajstić information content (AvgIpc) is 2.38. The Morgan fingerprint density at radius 3 is 2.39 bits per heavy atom. The van der Waals surface area contributed by atoms with Gasteiger partial charge in [-0.2, -0.15) is 0 Å². The van der Waals surface area contributed by atoms with E-state index in [0.29, 0.717) is 23.7 Å². The molecule has 0 unspecified atom stereocenters. The van der Waals surface area contributed by atoms with Crippen LogP contribution in [0, 0.1) is 17.3 Å². The van der Waals surface area contributed by atoms with E-state index in [2.05, 4.69) is 26.1 Å². The Labute approximate surface area is 140 Å². The number of rotatable bonds is 4. The van der Waals surface area contributed by atoms with Gasteiger partial charge in [-0.1, -0.05) is 20.8 Å². The lowest BCUT2D eigenvalue weighted by molar-refractivity contribution is -0.124. The highest BCUT2D eigenvalue weighted by molar-refractivity contribution is 7.91. The van der Waals surface area contributed by atoms with E-state index in [1.165, 1.54) is 6.42 Å². The Kier molecular flexibility index (Phi) is 5.46. The molecule has 0 aromatic rings. The van der Waals surface area contributed by atoms with Crippen LogP contribution in [0.4, 0.5) is 0 Å². The molecule has 1 amide bonds. The lowest BCUT2D eigenvalue weighted by Gasteiger charge is -2.39. The van der Waals surface area contributed by atoms with E-state index in [-0.39, 0.29) is 36.8 Å². The fourth-order valence-corrected chi connectivity index (χ4v) is 5.98. The lowest BCUT2D eigenvalue weighted by Crippen LogP contribution is -2.48. The third-order valence-electron chi connectivity index (χ3n) is 5.32. The van der Waals surface area contributed by atoms with Crippen molar-refractivity contribution in [1.82, 2.24) is 5.32 Å². The van der Waals surface area contributed by atoms with Crippen molar-refractivity contribution in [3.05, 3.63) is 0 Å². The van der Waals surface area contributed by atoms with Crippen LogP contribution in [-0.4, -0.2) is 43.1 Å². The van der Waals surface area contributed by atoms with E-state index in [1.54, 1.807) is 0 Å². The largest absolute Gasteiger partial charge is 0.388 e. The zero-order valence-corrected chi connectivity index (χ0v) is 15.4. The number of hydrogen-bond acceptors (Lipinski definition) is 4. The summed E-state index contributed by atoms with van der Waals surface area (Å²) in [5.41, 5.74) is -0.779. The molecule has 1 saturated carbocycles. The standard InChI is InChI=1S/C17H31NO4S/c1-13-8-14(11-16(2,3)10-13)9-15(19)18-12-17(20)4-6-23(21,22)7-5-17/h13-14,20H,4-12H2,1-3H3,(H,18,19)/t13-,14-/m0/s1. The van der Waals surface area contributed by atoms with Crippen LogP contribution < -0.4 is 5.32 Å². The van der Waals surface area contributed by atoms with Crippen molar-refractivity contribution >= 4 is 15.7 Å². The number of aliphatic hydroxyl groups is 1. The number of nitrogens with one attached hydrogen (secondary N) is 1. The number of carbonyl (C=O) groups is 1. The van der Waals surface area contributed by atoms with Crippen molar-refractivity contribution in [2.24, 2.45) is 17.3 Å². The van der Waals surface area contributed by atoms with E-state index >= 15 is 0 Å². The van der Waals surface area contributed by atoms with Gasteiger partial charge < -0.3 is 10.4 Å². The molecule has 5 nitrogen and oxygen atoms in total. The van der Waals surface area contributed by atoms with E-state index in [9.17, 15) is 18.3 Å². The molecule has 2 aliphatic rings. The van der Waals surface area contributed by atoms with Crippen molar-refractivity contribution in [2.75, 3.05) is 18.1 Å². The van der Waals surface area contributed by atoms with Crippen molar-refractivity contribution in [3.8, 4) is 0 Å². The van der Waals surface area contributed by atoms with Gasteiger partial charge in [0, 0.05) is 13.0 Å². The molecule has 1 heterocycles. The molecule has 1 aliphatic heterocycles. The van der Waals surface area contributed by atoms with E-state index < -0.39 is 15.4 Å². The van der Waals surface area contributed by atoms with Gasteiger partial charge >= 0.3 is 0 Å². The van der Waals surface area contributed by atoms with Crippen molar-refractivity contribution in [1.29, 1.82) is 0 Å². The molecule has 0 radical (unpaired) electrons. The average molecular weight is 346 g/mol. The van der Waals surface area contributed by atoms with Crippen LogP contribution in [-0.2, 0) is 14.6 Å². The predicted molar refractivity (Wildman–Crippen MR) is 90.8 cm³/mol. The second-order valence-corrected chi connectivity index (χ2v) is 10.9. The quantitative estimate of drug-likeness (QED) is 0.815. The van der Waals surface area contributed by atoms with Crippen molar-refractivity contribution in [2.45, 2.75) is 64.9 Å². The first-order valence-corrected chi connectivity index (χ1v) is 10.5. The van der Waals surface area contributed by atoms with Gasteiger partial charge in [0.25, 0.3) is 0 Å². The summed E-state index contributed by atoms with van der Waals surface area (Å²) in [7, 11) is -3.01. The number of hydrogen-bond donors (Lipinski definition) is 2. The van der Waals surface area contributed by atoms with Crippen LogP contribution in [0.2, 0.25) is 0 Å². The summed E-state index contributed by atoms with van der Waals surface area (Å²) in [6, 6.07) is 0. The predicted octanol–water partition coefficient (Wildman–Crippen LogP) is 1.89. The Morgan fingerprint density at radius 2 is 1.83 bits per heavy atom. The minimum Gasteiger partial charge on any atom is -0.388 e. The first-order chi connectivity index (χ1) is 10.5. The molecule has 0 spiro atoms. The smallest absolute Gasteiger partial charge is 0.220 e. The van der Waals surface area contributed by atoms with Gasteiger partial charge in [-0.05, 0) is 49.4 Å². The van der Waals surface area contributed by atoms with Gasteiger partial charge in [-0.3, -0.25) is 4.79 Å². The van der Waals surface area contributed by atoms with Gasteiger partial charge in [-0.15, -0.1) is 0 Å². The van der Waals surface area contributed by atoms with Crippen LogP contribution in [0.3, 0.4) is 0 Å². The Hall–Kier alpha value is -0.620. The van der Waals surface area contributed by atoms with Gasteiger partial charge in [0.1, 0.15) is 0 Å².